The second-order valence-electron chi connectivity index (χ2n) is 4.42. The Labute approximate surface area is 113 Å². The number of rotatable bonds is 3. The zero-order valence-electron chi connectivity index (χ0n) is 10.1. The lowest BCUT2D eigenvalue weighted by Crippen LogP contribution is -2.40. The largest absolute Gasteiger partial charge is 0.369 e. The molecule has 1 saturated heterocycles. The molecule has 0 radical (unpaired) electrons. The van der Waals surface area contributed by atoms with Crippen LogP contribution in [0.5, 0.6) is 0 Å². The fourth-order valence-electron chi connectivity index (χ4n) is 2.19. The van der Waals surface area contributed by atoms with Crippen LogP contribution in [-0.2, 0) is 16.3 Å². The molecule has 6 heteroatoms. The lowest BCUT2D eigenvalue weighted by Gasteiger charge is -2.30. The highest BCUT2D eigenvalue weighted by molar-refractivity contribution is 7.91. The molecule has 0 amide bonds. The predicted octanol–water partition coefficient (Wildman–Crippen LogP) is 1.08. The lowest BCUT2D eigenvalue weighted by molar-refractivity contribution is 0.586. The Morgan fingerprint density at radius 1 is 1.28 bits per heavy atom. The van der Waals surface area contributed by atoms with Crippen LogP contribution in [0.25, 0.3) is 0 Å². The number of nitrogens with two attached hydrogens (primary N) is 1. The first-order valence-electron chi connectivity index (χ1n) is 5.96. The van der Waals surface area contributed by atoms with Crippen LogP contribution in [0.3, 0.4) is 0 Å². The Bertz CT molecular complexity index is 517. The fourth-order valence-corrected chi connectivity index (χ4v) is 3.65. The average molecular weight is 289 g/mol. The summed E-state index contributed by atoms with van der Waals surface area (Å²) >= 11 is 6.18. The van der Waals surface area contributed by atoms with Crippen molar-refractivity contribution in [3.05, 3.63) is 28.8 Å². The molecule has 1 aromatic rings. The summed E-state index contributed by atoms with van der Waals surface area (Å²) in [4.78, 5) is 2.08. The van der Waals surface area contributed by atoms with E-state index in [0.717, 1.165) is 11.3 Å². The molecule has 0 saturated carbocycles. The summed E-state index contributed by atoms with van der Waals surface area (Å²) in [5.41, 5.74) is 7.63. The van der Waals surface area contributed by atoms with Gasteiger partial charge in [-0.3, -0.25) is 0 Å². The van der Waals surface area contributed by atoms with Crippen molar-refractivity contribution in [2.45, 2.75) is 6.42 Å². The van der Waals surface area contributed by atoms with Crippen molar-refractivity contribution in [2.75, 3.05) is 36.0 Å². The average Bonchev–Trinajstić information content (AvgIpc) is 2.32. The van der Waals surface area contributed by atoms with E-state index in [9.17, 15) is 8.42 Å². The van der Waals surface area contributed by atoms with Crippen molar-refractivity contribution in [2.24, 2.45) is 5.73 Å². The summed E-state index contributed by atoms with van der Waals surface area (Å²) in [6.07, 6.45) is 0.707. The zero-order chi connectivity index (χ0) is 13.2. The molecule has 0 unspecified atom stereocenters. The minimum absolute atomic E-state index is 0.210. The van der Waals surface area contributed by atoms with E-state index >= 15 is 0 Å². The number of halogens is 1. The van der Waals surface area contributed by atoms with Crippen molar-refractivity contribution in [3.63, 3.8) is 0 Å². The second-order valence-corrected chi connectivity index (χ2v) is 7.13. The predicted molar refractivity (Wildman–Crippen MR) is 75.1 cm³/mol. The molecule has 1 aromatic carbocycles. The first-order valence-corrected chi connectivity index (χ1v) is 8.16. The van der Waals surface area contributed by atoms with E-state index in [1.54, 1.807) is 0 Å². The minimum Gasteiger partial charge on any atom is -0.369 e. The Balaban J connectivity index is 2.26. The molecule has 100 valence electrons. The Hall–Kier alpha value is -0.780. The second kappa shape index (κ2) is 5.47. The number of nitrogens with zero attached hydrogens (tertiary/aromatic N) is 1. The third-order valence-corrected chi connectivity index (χ3v) is 5.14. The van der Waals surface area contributed by atoms with Gasteiger partial charge in [-0.15, -0.1) is 0 Å². The summed E-state index contributed by atoms with van der Waals surface area (Å²) in [6.45, 7) is 1.59. The Kier molecular flexibility index (Phi) is 4.14. The molecule has 0 spiro atoms. The van der Waals surface area contributed by atoms with Gasteiger partial charge in [-0.25, -0.2) is 8.42 Å². The molecule has 1 aliphatic heterocycles. The lowest BCUT2D eigenvalue weighted by atomic mass is 10.1. The normalized spacial score (nSPS) is 18.9. The highest BCUT2D eigenvalue weighted by Crippen LogP contribution is 2.28. The maximum Gasteiger partial charge on any atom is 0.153 e. The van der Waals surface area contributed by atoms with Gasteiger partial charge in [0.1, 0.15) is 0 Å². The third kappa shape index (κ3) is 2.96. The van der Waals surface area contributed by atoms with E-state index in [1.807, 2.05) is 18.2 Å². The quantitative estimate of drug-likeness (QED) is 0.904. The minimum atomic E-state index is -2.86. The van der Waals surface area contributed by atoms with E-state index < -0.39 is 9.84 Å². The molecule has 1 heterocycles. The van der Waals surface area contributed by atoms with Crippen LogP contribution in [0.2, 0.25) is 5.02 Å². The van der Waals surface area contributed by atoms with Crippen molar-refractivity contribution in [1.29, 1.82) is 0 Å². The molecule has 0 bridgehead atoms. The van der Waals surface area contributed by atoms with Crippen molar-refractivity contribution >= 4 is 27.1 Å². The number of benzene rings is 1. The van der Waals surface area contributed by atoms with Gasteiger partial charge in [-0.05, 0) is 30.7 Å². The fraction of sp³-hybridized carbons (Fsp3) is 0.500. The number of hydrogen-bond acceptors (Lipinski definition) is 4. The van der Waals surface area contributed by atoms with Gasteiger partial charge in [0.2, 0.25) is 0 Å². The maximum absolute atomic E-state index is 11.4. The molecule has 0 aromatic heterocycles. The van der Waals surface area contributed by atoms with Gasteiger partial charge in [0.15, 0.2) is 9.84 Å². The molecule has 1 fully saturated rings. The topological polar surface area (TPSA) is 63.4 Å². The molecule has 0 atom stereocenters. The van der Waals surface area contributed by atoms with E-state index in [2.05, 4.69) is 4.90 Å². The number of anilines is 1. The highest BCUT2D eigenvalue weighted by Gasteiger charge is 2.23. The van der Waals surface area contributed by atoms with Crippen LogP contribution in [0.4, 0.5) is 5.69 Å². The van der Waals surface area contributed by atoms with Gasteiger partial charge >= 0.3 is 0 Å². The van der Waals surface area contributed by atoms with E-state index in [-0.39, 0.29) is 11.5 Å². The van der Waals surface area contributed by atoms with Crippen LogP contribution in [0, 0.1) is 0 Å². The summed E-state index contributed by atoms with van der Waals surface area (Å²) in [5.74, 6) is 0.420. The smallest absolute Gasteiger partial charge is 0.153 e. The Morgan fingerprint density at radius 2 is 1.94 bits per heavy atom. The molecular weight excluding hydrogens is 272 g/mol. The molecule has 2 rings (SSSR count). The van der Waals surface area contributed by atoms with Crippen LogP contribution in [0.1, 0.15) is 5.56 Å². The van der Waals surface area contributed by atoms with Gasteiger partial charge in [-0.2, -0.15) is 0 Å². The monoisotopic (exact) mass is 288 g/mol. The maximum atomic E-state index is 11.4. The van der Waals surface area contributed by atoms with Crippen LogP contribution < -0.4 is 10.6 Å². The van der Waals surface area contributed by atoms with Crippen molar-refractivity contribution in [3.8, 4) is 0 Å². The SMILES string of the molecule is NCCc1c(Cl)cccc1N1CCS(=O)(=O)CC1. The van der Waals surface area contributed by atoms with Gasteiger partial charge in [0.05, 0.1) is 11.5 Å². The van der Waals surface area contributed by atoms with Gasteiger partial charge in [-0.1, -0.05) is 17.7 Å². The highest BCUT2D eigenvalue weighted by atomic mass is 35.5. The number of sulfone groups is 1. The van der Waals surface area contributed by atoms with Gasteiger partial charge < -0.3 is 10.6 Å². The summed E-state index contributed by atoms with van der Waals surface area (Å²) in [5, 5.41) is 0.700. The number of hydrogen-bond donors (Lipinski definition) is 1. The van der Waals surface area contributed by atoms with Crippen molar-refractivity contribution < 1.29 is 8.42 Å². The zero-order valence-corrected chi connectivity index (χ0v) is 11.7. The first-order chi connectivity index (χ1) is 8.53. The molecule has 18 heavy (non-hydrogen) atoms. The summed E-state index contributed by atoms with van der Waals surface area (Å²) < 4.78 is 22.9. The van der Waals surface area contributed by atoms with Crippen LogP contribution in [-0.4, -0.2) is 39.6 Å². The summed E-state index contributed by atoms with van der Waals surface area (Å²) in [7, 11) is -2.86. The molecule has 0 aliphatic carbocycles. The van der Waals surface area contributed by atoms with Gasteiger partial charge in [0.25, 0.3) is 0 Å². The van der Waals surface area contributed by atoms with Crippen LogP contribution >= 0.6 is 11.6 Å². The first kappa shape index (κ1) is 13.6. The van der Waals surface area contributed by atoms with Crippen molar-refractivity contribution in [1.82, 2.24) is 0 Å². The van der Waals surface area contributed by atoms with E-state index in [0.29, 0.717) is 31.1 Å². The molecular formula is C12H17ClN2O2S. The third-order valence-electron chi connectivity index (χ3n) is 3.17. The van der Waals surface area contributed by atoms with E-state index in [4.69, 9.17) is 17.3 Å². The molecule has 4 nitrogen and oxygen atoms in total. The standard InChI is InChI=1S/C12H17ClN2O2S/c13-11-2-1-3-12(10(11)4-5-14)15-6-8-18(16,17)9-7-15/h1-3H,4-9,14H2. The van der Waals surface area contributed by atoms with Gasteiger partial charge in [0, 0.05) is 23.8 Å². The summed E-state index contributed by atoms with van der Waals surface area (Å²) in [6, 6.07) is 5.71. The Morgan fingerprint density at radius 3 is 2.56 bits per heavy atom. The van der Waals surface area contributed by atoms with E-state index in [1.165, 1.54) is 0 Å². The van der Waals surface area contributed by atoms with Crippen LogP contribution in [0.15, 0.2) is 18.2 Å². The molecule has 1 aliphatic rings. The molecule has 2 N–H and O–H groups in total.